The number of fused-ring (bicyclic) bond motifs is 3. The SMILES string of the molecule is CC1(C)O[C@H]2O[C@H]3[C@@H]([C@H]2O1)N(C(=O)OCc1ccccc1)C[C@H]3OS(C)(=O)=O. The fraction of sp³-hybridized carbons (Fsp3) is 0.611. The molecule has 9 nitrogen and oxygen atoms in total. The monoisotopic (exact) mass is 413 g/mol. The van der Waals surface area contributed by atoms with E-state index in [1.54, 1.807) is 13.8 Å². The third-order valence-corrected chi connectivity index (χ3v) is 5.49. The molecule has 1 aromatic carbocycles. The normalized spacial score (nSPS) is 33.5. The van der Waals surface area contributed by atoms with E-state index in [4.69, 9.17) is 23.1 Å². The second-order valence-corrected chi connectivity index (χ2v) is 9.19. The van der Waals surface area contributed by atoms with Gasteiger partial charge in [0.1, 0.15) is 24.9 Å². The zero-order chi connectivity index (χ0) is 20.1. The molecule has 3 saturated heterocycles. The lowest BCUT2D eigenvalue weighted by Gasteiger charge is -2.27. The lowest BCUT2D eigenvalue weighted by atomic mass is 10.1. The number of hydrogen-bond donors (Lipinski definition) is 0. The Morgan fingerprint density at radius 1 is 1.21 bits per heavy atom. The molecule has 3 aliphatic heterocycles. The van der Waals surface area contributed by atoms with Crippen molar-refractivity contribution in [3.63, 3.8) is 0 Å². The standard InChI is InChI=1S/C18H23NO8S/c1-18(2)25-15-13-14(24-16(15)26-18)12(27-28(3,21)22)9-19(13)17(20)23-10-11-7-5-4-6-8-11/h4-8,12-16H,9-10H2,1-3H3/t12-,13+,14-,15-,16-/m1/s1. The Kier molecular flexibility index (Phi) is 4.87. The molecule has 0 saturated carbocycles. The van der Waals surface area contributed by atoms with Crippen LogP contribution >= 0.6 is 0 Å². The first kappa shape index (κ1) is 19.6. The first-order chi connectivity index (χ1) is 13.1. The van der Waals surface area contributed by atoms with Crippen LogP contribution in [0.25, 0.3) is 0 Å². The van der Waals surface area contributed by atoms with E-state index in [0.717, 1.165) is 11.8 Å². The number of amides is 1. The summed E-state index contributed by atoms with van der Waals surface area (Å²) in [5.41, 5.74) is 0.845. The number of carbonyl (C=O) groups excluding carboxylic acids is 1. The topological polar surface area (TPSA) is 101 Å². The van der Waals surface area contributed by atoms with Crippen molar-refractivity contribution in [3.05, 3.63) is 35.9 Å². The summed E-state index contributed by atoms with van der Waals surface area (Å²) >= 11 is 0. The highest BCUT2D eigenvalue weighted by molar-refractivity contribution is 7.86. The van der Waals surface area contributed by atoms with Crippen LogP contribution in [0.3, 0.4) is 0 Å². The third kappa shape index (κ3) is 3.87. The number of benzene rings is 1. The van der Waals surface area contributed by atoms with Crippen LogP contribution in [0.15, 0.2) is 30.3 Å². The van der Waals surface area contributed by atoms with Crippen molar-refractivity contribution in [1.29, 1.82) is 0 Å². The molecule has 0 aromatic heterocycles. The highest BCUT2D eigenvalue weighted by Crippen LogP contribution is 2.44. The smallest absolute Gasteiger partial charge is 0.410 e. The lowest BCUT2D eigenvalue weighted by molar-refractivity contribution is -0.211. The molecule has 4 rings (SSSR count). The van der Waals surface area contributed by atoms with Gasteiger partial charge in [0.15, 0.2) is 12.1 Å². The van der Waals surface area contributed by atoms with Crippen LogP contribution in [0.5, 0.6) is 0 Å². The summed E-state index contributed by atoms with van der Waals surface area (Å²) < 4.78 is 51.3. The highest BCUT2D eigenvalue weighted by Gasteiger charge is 2.63. The molecule has 3 heterocycles. The van der Waals surface area contributed by atoms with Crippen molar-refractivity contribution in [2.75, 3.05) is 12.8 Å². The number of ether oxygens (including phenoxy) is 4. The minimum absolute atomic E-state index is 0.0169. The predicted molar refractivity (Wildman–Crippen MR) is 95.5 cm³/mol. The van der Waals surface area contributed by atoms with E-state index in [2.05, 4.69) is 0 Å². The van der Waals surface area contributed by atoms with E-state index in [1.807, 2.05) is 30.3 Å². The van der Waals surface area contributed by atoms with Crippen LogP contribution in [-0.4, -0.2) is 68.6 Å². The molecular weight excluding hydrogens is 390 g/mol. The van der Waals surface area contributed by atoms with E-state index in [1.165, 1.54) is 4.90 Å². The number of likely N-dealkylation sites (tertiary alicyclic amines) is 1. The van der Waals surface area contributed by atoms with Gasteiger partial charge in [-0.3, -0.25) is 9.08 Å². The van der Waals surface area contributed by atoms with Crippen molar-refractivity contribution < 1.29 is 36.3 Å². The largest absolute Gasteiger partial charge is 0.445 e. The van der Waals surface area contributed by atoms with E-state index < -0.39 is 52.6 Å². The fourth-order valence-electron chi connectivity index (χ4n) is 3.91. The van der Waals surface area contributed by atoms with E-state index in [9.17, 15) is 13.2 Å². The number of carbonyl (C=O) groups is 1. The van der Waals surface area contributed by atoms with Gasteiger partial charge < -0.3 is 18.9 Å². The van der Waals surface area contributed by atoms with Gasteiger partial charge in [-0.25, -0.2) is 4.79 Å². The molecular formula is C18H23NO8S. The summed E-state index contributed by atoms with van der Waals surface area (Å²) in [4.78, 5) is 14.2. The molecule has 0 spiro atoms. The summed E-state index contributed by atoms with van der Waals surface area (Å²) in [5, 5.41) is 0. The second-order valence-electron chi connectivity index (χ2n) is 7.59. The van der Waals surface area contributed by atoms with Crippen LogP contribution in [0.2, 0.25) is 0 Å². The first-order valence-electron chi connectivity index (χ1n) is 9.00. The predicted octanol–water partition coefficient (Wildman–Crippen LogP) is 1.23. The van der Waals surface area contributed by atoms with Crippen molar-refractivity contribution in [3.8, 4) is 0 Å². The van der Waals surface area contributed by atoms with Crippen LogP contribution in [-0.2, 0) is 39.9 Å². The summed E-state index contributed by atoms with van der Waals surface area (Å²) in [6.45, 7) is 3.62. The Labute approximate surface area is 163 Å². The van der Waals surface area contributed by atoms with Crippen molar-refractivity contribution in [2.24, 2.45) is 0 Å². The maximum absolute atomic E-state index is 12.8. The zero-order valence-electron chi connectivity index (χ0n) is 15.8. The Hall–Kier alpha value is -1.72. The van der Waals surface area contributed by atoms with Crippen LogP contribution in [0, 0.1) is 0 Å². The summed E-state index contributed by atoms with van der Waals surface area (Å²) in [7, 11) is -3.74. The molecule has 154 valence electrons. The van der Waals surface area contributed by atoms with Gasteiger partial charge in [0, 0.05) is 0 Å². The number of nitrogens with zero attached hydrogens (tertiary/aromatic N) is 1. The van der Waals surface area contributed by atoms with Gasteiger partial charge in [-0.15, -0.1) is 0 Å². The molecule has 0 radical (unpaired) electrons. The second kappa shape index (κ2) is 6.96. The Morgan fingerprint density at radius 3 is 2.61 bits per heavy atom. The highest BCUT2D eigenvalue weighted by atomic mass is 32.2. The summed E-state index contributed by atoms with van der Waals surface area (Å²) in [5.74, 6) is -0.865. The fourth-order valence-corrected chi connectivity index (χ4v) is 4.53. The number of hydrogen-bond acceptors (Lipinski definition) is 8. The zero-order valence-corrected chi connectivity index (χ0v) is 16.6. The van der Waals surface area contributed by atoms with Gasteiger partial charge >= 0.3 is 6.09 Å². The van der Waals surface area contributed by atoms with Gasteiger partial charge in [0.25, 0.3) is 10.1 Å². The molecule has 0 unspecified atom stereocenters. The Bertz CT molecular complexity index is 842. The van der Waals surface area contributed by atoms with Gasteiger partial charge in [-0.05, 0) is 19.4 Å². The van der Waals surface area contributed by atoms with Crippen molar-refractivity contribution in [2.45, 2.75) is 56.9 Å². The van der Waals surface area contributed by atoms with Gasteiger partial charge in [-0.2, -0.15) is 8.42 Å². The van der Waals surface area contributed by atoms with Crippen molar-refractivity contribution >= 4 is 16.2 Å². The van der Waals surface area contributed by atoms with E-state index >= 15 is 0 Å². The molecule has 1 amide bonds. The van der Waals surface area contributed by atoms with Crippen LogP contribution < -0.4 is 0 Å². The summed E-state index contributed by atoms with van der Waals surface area (Å²) in [6, 6.07) is 8.71. The van der Waals surface area contributed by atoms with E-state index in [-0.39, 0.29) is 13.2 Å². The van der Waals surface area contributed by atoms with Gasteiger partial charge in [-0.1, -0.05) is 30.3 Å². The minimum Gasteiger partial charge on any atom is -0.445 e. The Balaban J connectivity index is 1.52. The maximum atomic E-state index is 12.8. The quantitative estimate of drug-likeness (QED) is 0.680. The average molecular weight is 413 g/mol. The Morgan fingerprint density at radius 2 is 1.93 bits per heavy atom. The molecule has 28 heavy (non-hydrogen) atoms. The first-order valence-corrected chi connectivity index (χ1v) is 10.8. The number of rotatable bonds is 4. The van der Waals surface area contributed by atoms with Gasteiger partial charge in [0.05, 0.1) is 18.8 Å². The molecule has 10 heteroatoms. The average Bonchev–Trinajstić information content (AvgIpc) is 3.20. The molecule has 5 atom stereocenters. The minimum atomic E-state index is -3.74. The lowest BCUT2D eigenvalue weighted by Crippen LogP contribution is -2.46. The molecule has 0 bridgehead atoms. The van der Waals surface area contributed by atoms with Gasteiger partial charge in [0.2, 0.25) is 0 Å². The van der Waals surface area contributed by atoms with Crippen LogP contribution in [0.4, 0.5) is 4.79 Å². The van der Waals surface area contributed by atoms with E-state index in [0.29, 0.717) is 0 Å². The van der Waals surface area contributed by atoms with Crippen molar-refractivity contribution in [1.82, 2.24) is 4.90 Å². The summed E-state index contributed by atoms with van der Waals surface area (Å²) in [6.07, 6.45) is -2.44. The molecule has 0 aliphatic carbocycles. The molecule has 3 aliphatic rings. The molecule has 1 aromatic rings. The molecule has 3 fully saturated rings. The third-order valence-electron chi connectivity index (χ3n) is 4.89. The molecule has 0 N–H and O–H groups in total. The maximum Gasteiger partial charge on any atom is 0.410 e. The van der Waals surface area contributed by atoms with Crippen LogP contribution in [0.1, 0.15) is 19.4 Å².